The van der Waals surface area contributed by atoms with Crippen LogP contribution in [0.4, 0.5) is 11.5 Å². The topological polar surface area (TPSA) is 54.0 Å². The molecule has 126 valence electrons. The van der Waals surface area contributed by atoms with Gasteiger partial charge in [-0.1, -0.05) is 25.3 Å². The zero-order chi connectivity index (χ0) is 16.9. The first-order valence-corrected chi connectivity index (χ1v) is 8.73. The van der Waals surface area contributed by atoms with Gasteiger partial charge in [0.15, 0.2) is 0 Å². The van der Waals surface area contributed by atoms with Crippen LogP contribution in [0.2, 0.25) is 0 Å². The number of benzene rings is 1. The predicted molar refractivity (Wildman–Crippen MR) is 98.6 cm³/mol. The third kappa shape index (κ3) is 4.13. The number of rotatable bonds is 4. The van der Waals surface area contributed by atoms with Crippen LogP contribution in [0.3, 0.4) is 0 Å². The Morgan fingerprint density at radius 3 is 2.50 bits per heavy atom. The average Bonchev–Trinajstić information content (AvgIpc) is 2.60. The van der Waals surface area contributed by atoms with Gasteiger partial charge in [0, 0.05) is 11.6 Å². The Bertz CT molecular complexity index is 703. The van der Waals surface area contributed by atoms with Gasteiger partial charge >= 0.3 is 0 Å². The lowest BCUT2D eigenvalue weighted by Gasteiger charge is -2.23. The second-order valence-electron chi connectivity index (χ2n) is 6.66. The van der Waals surface area contributed by atoms with Crippen LogP contribution in [0, 0.1) is 13.8 Å². The first-order chi connectivity index (χ1) is 11.6. The Morgan fingerprint density at radius 1 is 1.04 bits per heavy atom. The number of anilines is 2. The zero-order valence-electron chi connectivity index (χ0n) is 14.4. The maximum Gasteiger partial charge on any atom is 0.256 e. The van der Waals surface area contributed by atoms with Crippen molar-refractivity contribution in [2.24, 2.45) is 0 Å². The van der Waals surface area contributed by atoms with Gasteiger partial charge in [0.1, 0.15) is 5.82 Å². The van der Waals surface area contributed by atoms with Gasteiger partial charge in [-0.2, -0.15) is 0 Å². The molecule has 1 aliphatic carbocycles. The van der Waals surface area contributed by atoms with Crippen molar-refractivity contribution in [2.75, 3.05) is 10.6 Å². The van der Waals surface area contributed by atoms with Crippen LogP contribution in [0.1, 0.15) is 53.6 Å². The van der Waals surface area contributed by atoms with E-state index in [4.69, 9.17) is 0 Å². The molecule has 4 heteroatoms. The molecule has 1 amide bonds. The minimum absolute atomic E-state index is 0.126. The summed E-state index contributed by atoms with van der Waals surface area (Å²) < 4.78 is 0. The zero-order valence-corrected chi connectivity index (χ0v) is 14.4. The van der Waals surface area contributed by atoms with Gasteiger partial charge < -0.3 is 10.6 Å². The van der Waals surface area contributed by atoms with E-state index in [1.165, 1.54) is 37.7 Å². The Hall–Kier alpha value is -2.36. The normalized spacial score (nSPS) is 15.1. The summed E-state index contributed by atoms with van der Waals surface area (Å²) in [5, 5.41) is 6.39. The number of carbonyl (C=O) groups excluding carboxylic acids is 1. The molecule has 0 atom stereocenters. The van der Waals surface area contributed by atoms with Crippen molar-refractivity contribution in [3.05, 3.63) is 53.2 Å². The molecule has 0 aliphatic heterocycles. The van der Waals surface area contributed by atoms with Crippen LogP contribution in [0.5, 0.6) is 0 Å². The first-order valence-electron chi connectivity index (χ1n) is 8.73. The molecule has 0 bridgehead atoms. The summed E-state index contributed by atoms with van der Waals surface area (Å²) in [7, 11) is 0. The summed E-state index contributed by atoms with van der Waals surface area (Å²) >= 11 is 0. The molecule has 0 radical (unpaired) electrons. The lowest BCUT2D eigenvalue weighted by atomic mass is 9.95. The van der Waals surface area contributed by atoms with Crippen molar-refractivity contribution < 1.29 is 4.79 Å². The van der Waals surface area contributed by atoms with Crippen LogP contribution < -0.4 is 10.6 Å². The lowest BCUT2D eigenvalue weighted by Crippen LogP contribution is -2.22. The lowest BCUT2D eigenvalue weighted by molar-refractivity contribution is 0.102. The third-order valence-corrected chi connectivity index (χ3v) is 4.75. The molecule has 1 aromatic carbocycles. The van der Waals surface area contributed by atoms with Gasteiger partial charge in [0.25, 0.3) is 5.91 Å². The van der Waals surface area contributed by atoms with Crippen LogP contribution in [0.15, 0.2) is 36.5 Å². The third-order valence-electron chi connectivity index (χ3n) is 4.75. The van der Waals surface area contributed by atoms with Crippen LogP contribution in [-0.2, 0) is 0 Å². The van der Waals surface area contributed by atoms with Gasteiger partial charge in [-0.25, -0.2) is 4.98 Å². The summed E-state index contributed by atoms with van der Waals surface area (Å²) in [6.45, 7) is 4.05. The van der Waals surface area contributed by atoms with Crippen molar-refractivity contribution in [3.63, 3.8) is 0 Å². The van der Waals surface area contributed by atoms with Gasteiger partial charge in [0.2, 0.25) is 0 Å². The molecule has 4 nitrogen and oxygen atoms in total. The molecule has 24 heavy (non-hydrogen) atoms. The summed E-state index contributed by atoms with van der Waals surface area (Å²) in [6.07, 6.45) is 8.20. The smallest absolute Gasteiger partial charge is 0.256 e. The summed E-state index contributed by atoms with van der Waals surface area (Å²) in [5.74, 6) is 0.450. The number of amides is 1. The standard InChI is InChI=1S/C20H25N3O/c1-14-8-9-16(12-15(14)2)20(24)23-19-11-10-18(13-21-19)22-17-6-4-3-5-7-17/h8-13,17,22H,3-7H2,1-2H3,(H,21,23,24). The van der Waals surface area contributed by atoms with E-state index < -0.39 is 0 Å². The highest BCUT2D eigenvalue weighted by Gasteiger charge is 2.13. The van der Waals surface area contributed by atoms with Gasteiger partial charge in [0.05, 0.1) is 11.9 Å². The fourth-order valence-corrected chi connectivity index (χ4v) is 3.11. The van der Waals surface area contributed by atoms with Crippen LogP contribution >= 0.6 is 0 Å². The highest BCUT2D eigenvalue weighted by molar-refractivity contribution is 6.03. The van der Waals surface area contributed by atoms with Gasteiger partial charge in [-0.05, 0) is 62.1 Å². The van der Waals surface area contributed by atoms with Crippen LogP contribution in [0.25, 0.3) is 0 Å². The molecule has 2 aromatic rings. The van der Waals surface area contributed by atoms with Crippen molar-refractivity contribution >= 4 is 17.4 Å². The molecule has 1 aliphatic rings. The van der Waals surface area contributed by atoms with E-state index in [0.29, 0.717) is 17.4 Å². The molecule has 1 heterocycles. The number of hydrogen-bond donors (Lipinski definition) is 2. The number of nitrogens with zero attached hydrogens (tertiary/aromatic N) is 1. The van der Waals surface area contributed by atoms with E-state index in [-0.39, 0.29) is 5.91 Å². The predicted octanol–water partition coefficient (Wildman–Crippen LogP) is 4.70. The number of aryl methyl sites for hydroxylation is 2. The Morgan fingerprint density at radius 2 is 1.83 bits per heavy atom. The molecule has 1 aromatic heterocycles. The molecule has 1 fully saturated rings. The molecule has 0 saturated heterocycles. The minimum atomic E-state index is -0.126. The molecule has 3 rings (SSSR count). The van der Waals surface area contributed by atoms with E-state index in [1.54, 1.807) is 6.20 Å². The average molecular weight is 323 g/mol. The van der Waals surface area contributed by atoms with Crippen molar-refractivity contribution in [1.82, 2.24) is 4.98 Å². The highest BCUT2D eigenvalue weighted by atomic mass is 16.1. The first kappa shape index (κ1) is 16.5. The maximum atomic E-state index is 12.3. The maximum absolute atomic E-state index is 12.3. The monoisotopic (exact) mass is 323 g/mol. The Kier molecular flexibility index (Phi) is 5.14. The molecule has 0 spiro atoms. The molecule has 0 unspecified atom stereocenters. The summed E-state index contributed by atoms with van der Waals surface area (Å²) in [6, 6.07) is 10.1. The SMILES string of the molecule is Cc1ccc(C(=O)Nc2ccc(NC3CCCCC3)cn2)cc1C. The number of nitrogens with one attached hydrogen (secondary N) is 2. The van der Waals surface area contributed by atoms with Gasteiger partial charge in [-0.3, -0.25) is 4.79 Å². The van der Waals surface area contributed by atoms with Crippen molar-refractivity contribution in [1.29, 1.82) is 0 Å². The summed E-state index contributed by atoms with van der Waals surface area (Å²) in [5.41, 5.74) is 3.97. The van der Waals surface area contributed by atoms with E-state index in [9.17, 15) is 4.79 Å². The fraction of sp³-hybridized carbons (Fsp3) is 0.400. The second kappa shape index (κ2) is 7.47. The molecule has 1 saturated carbocycles. The number of aromatic nitrogens is 1. The fourth-order valence-electron chi connectivity index (χ4n) is 3.11. The number of carbonyl (C=O) groups is 1. The Balaban J connectivity index is 1.60. The van der Waals surface area contributed by atoms with E-state index in [1.807, 2.05) is 44.2 Å². The van der Waals surface area contributed by atoms with Crippen molar-refractivity contribution in [2.45, 2.75) is 52.0 Å². The largest absolute Gasteiger partial charge is 0.381 e. The summed E-state index contributed by atoms with van der Waals surface area (Å²) in [4.78, 5) is 16.7. The second-order valence-corrected chi connectivity index (χ2v) is 6.66. The number of hydrogen-bond acceptors (Lipinski definition) is 3. The Labute approximate surface area is 143 Å². The van der Waals surface area contributed by atoms with E-state index >= 15 is 0 Å². The van der Waals surface area contributed by atoms with Gasteiger partial charge in [-0.15, -0.1) is 0 Å². The highest BCUT2D eigenvalue weighted by Crippen LogP contribution is 2.22. The number of pyridine rings is 1. The molecular weight excluding hydrogens is 298 g/mol. The van der Waals surface area contributed by atoms with E-state index in [2.05, 4.69) is 15.6 Å². The van der Waals surface area contributed by atoms with Crippen molar-refractivity contribution in [3.8, 4) is 0 Å². The minimum Gasteiger partial charge on any atom is -0.381 e. The quantitative estimate of drug-likeness (QED) is 0.858. The van der Waals surface area contributed by atoms with Crippen LogP contribution in [-0.4, -0.2) is 16.9 Å². The molecule has 2 N–H and O–H groups in total. The van der Waals surface area contributed by atoms with E-state index in [0.717, 1.165) is 11.3 Å². The molecular formula is C20H25N3O.